The van der Waals surface area contributed by atoms with Gasteiger partial charge in [0.15, 0.2) is 5.82 Å². The summed E-state index contributed by atoms with van der Waals surface area (Å²) in [4.78, 5) is 10.4. The number of benzene rings is 1. The third kappa shape index (κ3) is 3.51. The van der Waals surface area contributed by atoms with E-state index in [4.69, 9.17) is 0 Å². The maximum atomic E-state index is 12.7. The minimum absolute atomic E-state index is 0.0524. The maximum absolute atomic E-state index is 12.7. The number of para-hydroxylation sites is 1. The normalized spacial score (nSPS) is 11.7. The second kappa shape index (κ2) is 6.79. The lowest BCUT2D eigenvalue weighted by Crippen LogP contribution is -2.16. The molecular weight excluding hydrogens is 374 g/mol. The molecule has 12 heteroatoms. The molecule has 0 amide bonds. The van der Waals surface area contributed by atoms with Gasteiger partial charge in [0.2, 0.25) is 0 Å². The highest BCUT2D eigenvalue weighted by atomic mass is 32.2. The number of sulfonamides is 1. The van der Waals surface area contributed by atoms with Crippen LogP contribution in [-0.4, -0.2) is 37.9 Å². The summed E-state index contributed by atoms with van der Waals surface area (Å²) in [6.45, 7) is 3.88. The largest absolute Gasteiger partial charge is 0.327 e. The van der Waals surface area contributed by atoms with Crippen molar-refractivity contribution >= 4 is 21.4 Å². The predicted octanol–water partition coefficient (Wildman–Crippen LogP) is 1.97. The van der Waals surface area contributed by atoms with Crippen LogP contribution in [0.15, 0.2) is 41.8 Å². The summed E-state index contributed by atoms with van der Waals surface area (Å²) in [6.07, 6.45) is 2.59. The van der Waals surface area contributed by atoms with Crippen molar-refractivity contribution in [2.24, 2.45) is 7.05 Å². The number of nitrogens with zero attached hydrogens (tertiary/aromatic N) is 6. The molecule has 0 fully saturated rings. The Balaban J connectivity index is 2.07. The molecule has 3 rings (SSSR count). The summed E-state index contributed by atoms with van der Waals surface area (Å²) in [5.41, 5.74) is 0.103. The molecule has 0 spiro atoms. The van der Waals surface area contributed by atoms with E-state index in [0.29, 0.717) is 11.4 Å². The molecule has 0 bridgehead atoms. The number of aryl methyl sites for hydroxylation is 1. The Morgan fingerprint density at radius 2 is 1.96 bits per heavy atom. The molecule has 0 saturated carbocycles. The topological polar surface area (TPSA) is 138 Å². The standard InChI is InChI=1S/C15H17N7O4S/c1-10(2)21-9-16-17-14(21)11-6-4-5-7-12(11)19-27(25,26)15-13(22(23)24)8-20(3)18-15/h4-10,19H,1-3H3. The number of anilines is 1. The van der Waals surface area contributed by atoms with Crippen LogP contribution < -0.4 is 4.72 Å². The number of rotatable bonds is 6. The van der Waals surface area contributed by atoms with Gasteiger partial charge in [-0.15, -0.1) is 10.2 Å². The quantitative estimate of drug-likeness (QED) is 0.501. The maximum Gasteiger partial charge on any atom is 0.327 e. The molecule has 27 heavy (non-hydrogen) atoms. The third-order valence-corrected chi connectivity index (χ3v) is 5.06. The van der Waals surface area contributed by atoms with E-state index in [1.165, 1.54) is 7.05 Å². The van der Waals surface area contributed by atoms with Gasteiger partial charge in [0.1, 0.15) is 12.5 Å². The van der Waals surface area contributed by atoms with Crippen LogP contribution in [0.25, 0.3) is 11.4 Å². The Bertz CT molecular complexity index is 1100. The van der Waals surface area contributed by atoms with Crippen LogP contribution in [0.3, 0.4) is 0 Å². The smallest absolute Gasteiger partial charge is 0.311 e. The van der Waals surface area contributed by atoms with Gasteiger partial charge in [-0.3, -0.25) is 19.5 Å². The van der Waals surface area contributed by atoms with E-state index in [1.807, 2.05) is 13.8 Å². The van der Waals surface area contributed by atoms with Crippen molar-refractivity contribution in [1.29, 1.82) is 0 Å². The molecule has 3 aromatic rings. The van der Waals surface area contributed by atoms with Crippen LogP contribution in [0.1, 0.15) is 19.9 Å². The zero-order valence-electron chi connectivity index (χ0n) is 14.8. The zero-order chi connectivity index (χ0) is 19.8. The van der Waals surface area contributed by atoms with Gasteiger partial charge in [0, 0.05) is 18.7 Å². The number of nitro groups is 1. The van der Waals surface area contributed by atoms with Crippen molar-refractivity contribution in [1.82, 2.24) is 24.5 Å². The fourth-order valence-electron chi connectivity index (χ4n) is 2.55. The van der Waals surface area contributed by atoms with E-state index < -0.39 is 25.7 Å². The van der Waals surface area contributed by atoms with Gasteiger partial charge in [0.05, 0.1) is 10.6 Å². The molecule has 2 heterocycles. The second-order valence-corrected chi connectivity index (χ2v) is 7.65. The summed E-state index contributed by atoms with van der Waals surface area (Å²) in [7, 11) is -2.89. The van der Waals surface area contributed by atoms with Crippen molar-refractivity contribution in [3.05, 3.63) is 46.9 Å². The highest BCUT2D eigenvalue weighted by Gasteiger charge is 2.31. The molecule has 0 radical (unpaired) electrons. The summed E-state index contributed by atoms with van der Waals surface area (Å²) >= 11 is 0. The summed E-state index contributed by atoms with van der Waals surface area (Å²) in [5.74, 6) is 0.471. The first kappa shape index (κ1) is 18.5. The van der Waals surface area contributed by atoms with Gasteiger partial charge >= 0.3 is 5.69 Å². The molecule has 0 atom stereocenters. The lowest BCUT2D eigenvalue weighted by Gasteiger charge is -2.14. The Kier molecular flexibility index (Phi) is 4.66. The van der Waals surface area contributed by atoms with Gasteiger partial charge in [0.25, 0.3) is 15.0 Å². The van der Waals surface area contributed by atoms with Crippen molar-refractivity contribution in [2.75, 3.05) is 4.72 Å². The molecule has 0 aliphatic rings. The first-order chi connectivity index (χ1) is 12.7. The Morgan fingerprint density at radius 1 is 1.26 bits per heavy atom. The minimum Gasteiger partial charge on any atom is -0.311 e. The number of hydrogen-bond donors (Lipinski definition) is 1. The van der Waals surface area contributed by atoms with Gasteiger partial charge in [-0.2, -0.15) is 13.5 Å². The summed E-state index contributed by atoms with van der Waals surface area (Å²) in [6, 6.07) is 6.66. The van der Waals surface area contributed by atoms with Gasteiger partial charge < -0.3 is 4.57 Å². The van der Waals surface area contributed by atoms with Crippen LogP contribution in [-0.2, 0) is 17.1 Å². The van der Waals surface area contributed by atoms with Crippen molar-refractivity contribution in [2.45, 2.75) is 24.9 Å². The zero-order valence-corrected chi connectivity index (χ0v) is 15.6. The van der Waals surface area contributed by atoms with Crippen molar-refractivity contribution < 1.29 is 13.3 Å². The Hall–Kier alpha value is -3.28. The second-order valence-electron chi connectivity index (χ2n) is 6.06. The average Bonchev–Trinajstić information content (AvgIpc) is 3.22. The molecular formula is C15H17N7O4S. The van der Waals surface area contributed by atoms with E-state index in [-0.39, 0.29) is 11.7 Å². The number of aromatic nitrogens is 5. The highest BCUT2D eigenvalue weighted by Crippen LogP contribution is 2.31. The SMILES string of the molecule is CC(C)n1cnnc1-c1ccccc1NS(=O)(=O)c1nn(C)cc1[N+](=O)[O-]. The lowest BCUT2D eigenvalue weighted by atomic mass is 10.1. The number of nitrogens with one attached hydrogen (secondary N) is 1. The number of hydrogen-bond acceptors (Lipinski definition) is 7. The Labute approximate surface area is 154 Å². The van der Waals surface area contributed by atoms with Gasteiger partial charge in [-0.05, 0) is 26.0 Å². The Morgan fingerprint density at radius 3 is 2.63 bits per heavy atom. The van der Waals surface area contributed by atoms with Gasteiger partial charge in [-0.25, -0.2) is 0 Å². The molecule has 142 valence electrons. The lowest BCUT2D eigenvalue weighted by molar-refractivity contribution is -0.387. The summed E-state index contributed by atoms with van der Waals surface area (Å²) in [5, 5.41) is 22.2. The van der Waals surface area contributed by atoms with Crippen molar-refractivity contribution in [3.8, 4) is 11.4 Å². The first-order valence-corrected chi connectivity index (χ1v) is 9.39. The van der Waals surface area contributed by atoms with E-state index >= 15 is 0 Å². The van der Waals surface area contributed by atoms with E-state index in [1.54, 1.807) is 35.2 Å². The van der Waals surface area contributed by atoms with Crippen LogP contribution in [0.5, 0.6) is 0 Å². The van der Waals surface area contributed by atoms with Gasteiger partial charge in [-0.1, -0.05) is 12.1 Å². The van der Waals surface area contributed by atoms with Crippen LogP contribution in [0, 0.1) is 10.1 Å². The minimum atomic E-state index is -4.30. The molecule has 0 saturated heterocycles. The molecule has 1 aromatic carbocycles. The van der Waals surface area contributed by atoms with E-state index in [9.17, 15) is 18.5 Å². The predicted molar refractivity (Wildman–Crippen MR) is 96.5 cm³/mol. The fraction of sp³-hybridized carbons (Fsp3) is 0.267. The van der Waals surface area contributed by atoms with E-state index in [0.717, 1.165) is 10.9 Å². The molecule has 0 aliphatic heterocycles. The molecule has 11 nitrogen and oxygen atoms in total. The third-order valence-electron chi connectivity index (χ3n) is 3.77. The molecule has 0 aliphatic carbocycles. The van der Waals surface area contributed by atoms with Crippen LogP contribution in [0.4, 0.5) is 11.4 Å². The molecule has 1 N–H and O–H groups in total. The fourth-order valence-corrected chi connectivity index (χ4v) is 3.75. The highest BCUT2D eigenvalue weighted by molar-refractivity contribution is 7.92. The van der Waals surface area contributed by atoms with Crippen molar-refractivity contribution in [3.63, 3.8) is 0 Å². The monoisotopic (exact) mass is 391 g/mol. The molecule has 0 unspecified atom stereocenters. The molecule has 2 aromatic heterocycles. The first-order valence-electron chi connectivity index (χ1n) is 7.90. The van der Waals surface area contributed by atoms with Crippen LogP contribution in [0.2, 0.25) is 0 Å². The average molecular weight is 391 g/mol. The van der Waals surface area contributed by atoms with Crippen LogP contribution >= 0.6 is 0 Å². The summed E-state index contributed by atoms with van der Waals surface area (Å²) < 4.78 is 30.7. The van der Waals surface area contributed by atoms with E-state index in [2.05, 4.69) is 20.0 Å².